The maximum absolute atomic E-state index is 5.58. The molecule has 10 heavy (non-hydrogen) atoms. The van der Waals surface area contributed by atoms with Crippen LogP contribution in [-0.2, 0) is 4.74 Å². The van der Waals surface area contributed by atoms with E-state index in [1.54, 1.807) is 5.01 Å². The Labute approximate surface area is 61.3 Å². The summed E-state index contributed by atoms with van der Waals surface area (Å²) in [5.41, 5.74) is 0. The molecule has 0 saturated carbocycles. The second-order valence-electron chi connectivity index (χ2n) is 2.55. The van der Waals surface area contributed by atoms with Crippen LogP contribution in [-0.4, -0.2) is 44.4 Å². The molecule has 60 valence electrons. The van der Waals surface area contributed by atoms with E-state index in [9.17, 15) is 0 Å². The van der Waals surface area contributed by atoms with E-state index in [0.29, 0.717) is 0 Å². The average molecular weight is 145 g/mol. The summed E-state index contributed by atoms with van der Waals surface area (Å²) in [6, 6.07) is 0. The minimum Gasteiger partial charge on any atom is -0.374 e. The smallest absolute Gasteiger partial charge is 0.0840 e. The van der Waals surface area contributed by atoms with Crippen LogP contribution in [0.1, 0.15) is 0 Å². The molecule has 1 heterocycles. The molecule has 1 atom stereocenters. The Kier molecular flexibility index (Phi) is 3.08. The second kappa shape index (κ2) is 3.88. The molecule has 0 amide bonds. The van der Waals surface area contributed by atoms with Crippen molar-refractivity contribution in [3.8, 4) is 0 Å². The number of nitrogens with one attached hydrogen (secondary N) is 1. The highest BCUT2D eigenvalue weighted by atomic mass is 16.5. The Morgan fingerprint density at radius 2 is 2.60 bits per heavy atom. The van der Waals surface area contributed by atoms with E-state index < -0.39 is 0 Å². The largest absolute Gasteiger partial charge is 0.374 e. The fraction of sp³-hybridized carbons (Fsp3) is 1.00. The van der Waals surface area contributed by atoms with Gasteiger partial charge in [0, 0.05) is 19.6 Å². The van der Waals surface area contributed by atoms with Crippen molar-refractivity contribution in [2.75, 3.05) is 33.3 Å². The predicted molar refractivity (Wildman–Crippen MR) is 39.4 cm³/mol. The normalized spacial score (nSPS) is 28.8. The first-order valence-corrected chi connectivity index (χ1v) is 3.59. The van der Waals surface area contributed by atoms with Gasteiger partial charge in [-0.2, -0.15) is 0 Å². The molecule has 1 rings (SSSR count). The van der Waals surface area contributed by atoms with Gasteiger partial charge in [0.15, 0.2) is 0 Å². The summed E-state index contributed by atoms with van der Waals surface area (Å²) in [4.78, 5) is 0. The molecule has 0 aromatic carbocycles. The zero-order valence-corrected chi connectivity index (χ0v) is 6.34. The lowest BCUT2D eigenvalue weighted by molar-refractivity contribution is -0.0266. The summed E-state index contributed by atoms with van der Waals surface area (Å²) in [5, 5.41) is 4.85. The maximum Gasteiger partial charge on any atom is 0.0840 e. The van der Waals surface area contributed by atoms with Gasteiger partial charge in [0.25, 0.3) is 0 Å². The molecule has 0 aromatic heterocycles. The van der Waals surface area contributed by atoms with Gasteiger partial charge < -0.3 is 10.1 Å². The van der Waals surface area contributed by atoms with Crippen LogP contribution < -0.4 is 11.2 Å². The molecule has 0 bridgehead atoms. The molecule has 1 saturated heterocycles. The molecule has 0 spiro atoms. The lowest BCUT2D eigenvalue weighted by Gasteiger charge is -2.29. The Balaban J connectivity index is 2.18. The van der Waals surface area contributed by atoms with E-state index in [-0.39, 0.29) is 6.10 Å². The van der Waals surface area contributed by atoms with E-state index in [4.69, 9.17) is 10.6 Å². The molecule has 1 aliphatic heterocycles. The fourth-order valence-electron chi connectivity index (χ4n) is 1.09. The summed E-state index contributed by atoms with van der Waals surface area (Å²) < 4.78 is 5.40. The van der Waals surface area contributed by atoms with E-state index in [2.05, 4.69) is 5.32 Å². The van der Waals surface area contributed by atoms with Gasteiger partial charge in [-0.25, -0.2) is 5.01 Å². The SMILES string of the molecule is CNCC1CN(N)CCO1. The molecule has 4 nitrogen and oxygen atoms in total. The third-order valence-corrected chi connectivity index (χ3v) is 1.60. The highest BCUT2D eigenvalue weighted by Gasteiger charge is 2.16. The van der Waals surface area contributed by atoms with E-state index in [1.807, 2.05) is 7.05 Å². The van der Waals surface area contributed by atoms with Crippen molar-refractivity contribution in [3.63, 3.8) is 0 Å². The maximum atomic E-state index is 5.58. The zero-order chi connectivity index (χ0) is 7.40. The van der Waals surface area contributed by atoms with Gasteiger partial charge in [-0.3, -0.25) is 5.84 Å². The molecule has 0 radical (unpaired) electrons. The third kappa shape index (κ3) is 2.22. The first-order valence-electron chi connectivity index (χ1n) is 3.59. The second-order valence-corrected chi connectivity index (χ2v) is 2.55. The molecule has 0 aromatic rings. The number of ether oxygens (including phenoxy) is 1. The number of hydrogen-bond donors (Lipinski definition) is 2. The summed E-state index contributed by atoms with van der Waals surface area (Å²) in [5.74, 6) is 5.58. The van der Waals surface area contributed by atoms with Crippen LogP contribution in [0.15, 0.2) is 0 Å². The summed E-state index contributed by atoms with van der Waals surface area (Å²) in [6.45, 7) is 3.32. The van der Waals surface area contributed by atoms with Gasteiger partial charge >= 0.3 is 0 Å². The molecular weight excluding hydrogens is 130 g/mol. The first kappa shape index (κ1) is 7.94. The number of rotatable bonds is 2. The predicted octanol–water partition coefficient (Wildman–Crippen LogP) is -1.22. The van der Waals surface area contributed by atoms with Crippen LogP contribution in [0.2, 0.25) is 0 Å². The Hall–Kier alpha value is -0.160. The number of hydrazine groups is 1. The summed E-state index contributed by atoms with van der Waals surface area (Å²) in [7, 11) is 1.92. The molecule has 1 fully saturated rings. The van der Waals surface area contributed by atoms with Gasteiger partial charge in [-0.15, -0.1) is 0 Å². The van der Waals surface area contributed by atoms with Crippen LogP contribution in [0.25, 0.3) is 0 Å². The molecular formula is C6H15N3O. The molecule has 1 unspecified atom stereocenters. The fourth-order valence-corrected chi connectivity index (χ4v) is 1.09. The van der Waals surface area contributed by atoms with Gasteiger partial charge in [0.2, 0.25) is 0 Å². The number of hydrogen-bond acceptors (Lipinski definition) is 4. The van der Waals surface area contributed by atoms with E-state index in [1.165, 1.54) is 0 Å². The van der Waals surface area contributed by atoms with Crippen molar-refractivity contribution in [3.05, 3.63) is 0 Å². The number of nitrogens with two attached hydrogens (primary N) is 1. The Morgan fingerprint density at radius 3 is 3.20 bits per heavy atom. The Morgan fingerprint density at radius 1 is 1.80 bits per heavy atom. The minimum absolute atomic E-state index is 0.267. The standard InChI is InChI=1S/C6H15N3O/c1-8-4-6-5-9(7)2-3-10-6/h6,8H,2-5,7H2,1H3. The Bertz CT molecular complexity index is 97.0. The first-order chi connectivity index (χ1) is 4.83. The molecule has 1 aliphatic rings. The third-order valence-electron chi connectivity index (χ3n) is 1.60. The van der Waals surface area contributed by atoms with Crippen molar-refractivity contribution in [1.29, 1.82) is 0 Å². The van der Waals surface area contributed by atoms with Crippen LogP contribution in [0.3, 0.4) is 0 Å². The molecule has 4 heteroatoms. The van der Waals surface area contributed by atoms with Crippen molar-refractivity contribution in [2.24, 2.45) is 5.84 Å². The van der Waals surface area contributed by atoms with Gasteiger partial charge in [0.05, 0.1) is 12.7 Å². The average Bonchev–Trinajstić information content (AvgIpc) is 1.88. The van der Waals surface area contributed by atoms with Crippen LogP contribution in [0.5, 0.6) is 0 Å². The molecule has 3 N–H and O–H groups in total. The van der Waals surface area contributed by atoms with Gasteiger partial charge in [-0.05, 0) is 7.05 Å². The van der Waals surface area contributed by atoms with Crippen LogP contribution >= 0.6 is 0 Å². The highest BCUT2D eigenvalue weighted by Crippen LogP contribution is 1.98. The van der Waals surface area contributed by atoms with Crippen molar-refractivity contribution < 1.29 is 4.74 Å². The van der Waals surface area contributed by atoms with Crippen molar-refractivity contribution in [1.82, 2.24) is 10.3 Å². The van der Waals surface area contributed by atoms with Crippen molar-refractivity contribution >= 4 is 0 Å². The van der Waals surface area contributed by atoms with E-state index >= 15 is 0 Å². The minimum atomic E-state index is 0.267. The quantitative estimate of drug-likeness (QED) is 0.478. The van der Waals surface area contributed by atoms with Crippen LogP contribution in [0, 0.1) is 0 Å². The lowest BCUT2D eigenvalue weighted by atomic mass is 10.3. The van der Waals surface area contributed by atoms with Crippen LogP contribution in [0.4, 0.5) is 0 Å². The number of morpholine rings is 1. The number of likely N-dealkylation sites (N-methyl/N-ethyl adjacent to an activating group) is 1. The topological polar surface area (TPSA) is 50.5 Å². The van der Waals surface area contributed by atoms with Gasteiger partial charge in [0.1, 0.15) is 0 Å². The zero-order valence-electron chi connectivity index (χ0n) is 6.34. The van der Waals surface area contributed by atoms with E-state index in [0.717, 1.165) is 26.2 Å². The lowest BCUT2D eigenvalue weighted by Crippen LogP contribution is -2.49. The summed E-state index contributed by atoms with van der Waals surface area (Å²) >= 11 is 0. The van der Waals surface area contributed by atoms with Gasteiger partial charge in [-0.1, -0.05) is 0 Å². The highest BCUT2D eigenvalue weighted by molar-refractivity contribution is 4.68. The van der Waals surface area contributed by atoms with Crippen molar-refractivity contribution in [2.45, 2.75) is 6.10 Å². The summed E-state index contributed by atoms with van der Waals surface area (Å²) in [6.07, 6.45) is 0.267. The molecule has 0 aliphatic carbocycles. The monoisotopic (exact) mass is 145 g/mol. The number of nitrogens with zero attached hydrogens (tertiary/aromatic N) is 1.